The number of benzene rings is 1. The molecule has 0 amide bonds. The zero-order valence-electron chi connectivity index (χ0n) is 27.7. The zero-order valence-corrected chi connectivity index (χ0v) is 27.7. The number of hydrogen-bond acceptors (Lipinski definition) is 0. The maximum Gasteiger partial charge on any atom is -0.0172 e. The average Bonchev–Trinajstić information content (AvgIpc) is 2.75. The van der Waals surface area contributed by atoms with E-state index in [2.05, 4.69) is 109 Å². The summed E-state index contributed by atoms with van der Waals surface area (Å²) in [4.78, 5) is 0. The van der Waals surface area contributed by atoms with Gasteiger partial charge in [-0.05, 0) is 80.7 Å². The lowest BCUT2D eigenvalue weighted by Crippen LogP contribution is -1.96. The Balaban J connectivity index is -0.000000118. The number of hydrogen-bond donors (Lipinski definition) is 0. The van der Waals surface area contributed by atoms with Crippen molar-refractivity contribution in [2.45, 2.75) is 143 Å². The van der Waals surface area contributed by atoms with E-state index in [0.717, 1.165) is 17.1 Å². The van der Waals surface area contributed by atoms with Gasteiger partial charge in [-0.1, -0.05) is 145 Å². The second-order valence-corrected chi connectivity index (χ2v) is 10.6. The van der Waals surface area contributed by atoms with Gasteiger partial charge in [0.15, 0.2) is 0 Å². The molecule has 0 atom stereocenters. The van der Waals surface area contributed by atoms with E-state index in [4.69, 9.17) is 0 Å². The summed E-state index contributed by atoms with van der Waals surface area (Å²) in [6, 6.07) is 2.24. The molecule has 1 aromatic rings. The van der Waals surface area contributed by atoms with Crippen molar-refractivity contribution in [2.24, 2.45) is 11.3 Å². The first-order valence-electron chi connectivity index (χ1n) is 14.0. The number of aryl methyl sites for hydroxylation is 2. The molecule has 0 aliphatic rings. The summed E-state index contributed by atoms with van der Waals surface area (Å²) in [6.45, 7) is 47.3. The summed E-state index contributed by atoms with van der Waals surface area (Å²) < 4.78 is 0. The van der Waals surface area contributed by atoms with Gasteiger partial charge in [0.2, 0.25) is 0 Å². The summed E-state index contributed by atoms with van der Waals surface area (Å²) in [7, 11) is 0. The molecule has 0 N–H and O–H groups in total. The molecule has 0 radical (unpaired) electrons. The Labute approximate surface area is 225 Å². The summed E-state index contributed by atoms with van der Waals surface area (Å²) in [6.07, 6.45) is 7.24. The maximum atomic E-state index is 4.02. The molecule has 0 aliphatic carbocycles. The Morgan fingerprint density at radius 1 is 0.800 bits per heavy atom. The van der Waals surface area contributed by atoms with Crippen LogP contribution >= 0.6 is 0 Å². The summed E-state index contributed by atoms with van der Waals surface area (Å²) in [5.74, 6) is 0.963. The molecule has 1 aromatic carbocycles. The second-order valence-electron chi connectivity index (χ2n) is 10.6. The Bertz CT molecular complexity index is 638. The molecule has 0 aromatic heterocycles. The van der Waals surface area contributed by atoms with Crippen LogP contribution in [0.4, 0.5) is 0 Å². The lowest BCUT2D eigenvalue weighted by Gasteiger charge is -2.14. The van der Waals surface area contributed by atoms with Crippen LogP contribution in [0.3, 0.4) is 0 Å². The van der Waals surface area contributed by atoms with E-state index in [0.29, 0.717) is 5.41 Å². The monoisotopic (exact) mass is 489 g/mol. The first-order valence-corrected chi connectivity index (χ1v) is 14.0. The largest absolute Gasteiger partial charge is 0.0988 e. The fourth-order valence-corrected chi connectivity index (χ4v) is 3.07. The topological polar surface area (TPSA) is 0 Å². The van der Waals surface area contributed by atoms with E-state index in [1.54, 1.807) is 6.08 Å². The van der Waals surface area contributed by atoms with Crippen LogP contribution in [0.1, 0.15) is 144 Å². The fourth-order valence-electron chi connectivity index (χ4n) is 3.07. The van der Waals surface area contributed by atoms with Gasteiger partial charge >= 0.3 is 0 Å². The molecule has 35 heavy (non-hydrogen) atoms. The van der Waals surface area contributed by atoms with E-state index in [1.807, 2.05) is 34.6 Å². The van der Waals surface area contributed by atoms with Gasteiger partial charge in [0.1, 0.15) is 0 Å². The van der Waals surface area contributed by atoms with Gasteiger partial charge in [0.25, 0.3) is 0 Å². The van der Waals surface area contributed by atoms with Crippen molar-refractivity contribution in [3.05, 3.63) is 65.3 Å². The van der Waals surface area contributed by atoms with Crippen LogP contribution in [0.5, 0.6) is 0 Å². The highest BCUT2D eigenvalue weighted by Crippen LogP contribution is 2.26. The first-order chi connectivity index (χ1) is 16.0. The molecule has 0 aliphatic heterocycles. The van der Waals surface area contributed by atoms with Gasteiger partial charge in [-0.15, -0.1) is 0 Å². The van der Waals surface area contributed by atoms with Crippen molar-refractivity contribution >= 4 is 5.57 Å². The lowest BCUT2D eigenvalue weighted by molar-refractivity contribution is 0.469. The van der Waals surface area contributed by atoms with Gasteiger partial charge < -0.3 is 0 Å². The molecule has 0 bridgehead atoms. The van der Waals surface area contributed by atoms with E-state index < -0.39 is 0 Å². The van der Waals surface area contributed by atoms with Crippen LogP contribution in [-0.2, 0) is 0 Å². The van der Waals surface area contributed by atoms with Crippen LogP contribution in [-0.4, -0.2) is 0 Å². The average molecular weight is 489 g/mol. The molecule has 0 fully saturated rings. The minimum atomic E-state index is 0.500. The van der Waals surface area contributed by atoms with Gasteiger partial charge in [0, 0.05) is 0 Å². The molecule has 1 rings (SSSR count). The van der Waals surface area contributed by atoms with E-state index in [-0.39, 0.29) is 0 Å². The van der Waals surface area contributed by atoms with Crippen molar-refractivity contribution in [1.29, 1.82) is 0 Å². The Hall–Kier alpha value is -1.56. The predicted molar refractivity (Wildman–Crippen MR) is 172 cm³/mol. The van der Waals surface area contributed by atoms with Crippen molar-refractivity contribution < 1.29 is 0 Å². The highest BCUT2D eigenvalue weighted by Gasteiger charge is 2.07. The minimum absolute atomic E-state index is 0.500. The molecule has 0 nitrogen and oxygen atoms in total. The Kier molecular flexibility index (Phi) is 33.6. The Morgan fingerprint density at radius 3 is 1.34 bits per heavy atom. The molecule has 0 unspecified atom stereocenters. The predicted octanol–water partition coefficient (Wildman–Crippen LogP) is 13.0. The fraction of sp³-hybridized carbons (Fsp3) is 0.657. The third kappa shape index (κ3) is 32.4. The minimum Gasteiger partial charge on any atom is -0.0988 e. The first kappa shape index (κ1) is 43.5. The van der Waals surface area contributed by atoms with Gasteiger partial charge in [-0.2, -0.15) is 0 Å². The van der Waals surface area contributed by atoms with Gasteiger partial charge in [0.05, 0.1) is 0 Å². The summed E-state index contributed by atoms with van der Waals surface area (Å²) in [5, 5.41) is 0. The van der Waals surface area contributed by atoms with Crippen LogP contribution < -0.4 is 0 Å². The van der Waals surface area contributed by atoms with E-state index in [1.165, 1.54) is 53.5 Å². The molecular weight excluding hydrogens is 420 g/mol. The van der Waals surface area contributed by atoms with Gasteiger partial charge in [-0.3, -0.25) is 0 Å². The molecule has 0 heteroatoms. The van der Waals surface area contributed by atoms with Gasteiger partial charge in [-0.25, -0.2) is 0 Å². The van der Waals surface area contributed by atoms with Crippen LogP contribution in [0.25, 0.3) is 5.57 Å². The van der Waals surface area contributed by atoms with Crippen LogP contribution in [0.2, 0.25) is 0 Å². The normalized spacial score (nSPS) is 9.20. The zero-order chi connectivity index (χ0) is 29.4. The van der Waals surface area contributed by atoms with Crippen molar-refractivity contribution in [2.75, 3.05) is 0 Å². The van der Waals surface area contributed by atoms with Crippen LogP contribution in [0.15, 0.2) is 37.5 Å². The maximum absolute atomic E-state index is 4.02. The number of allylic oxidation sites excluding steroid dienone is 3. The highest BCUT2D eigenvalue weighted by atomic mass is 14.1. The quantitative estimate of drug-likeness (QED) is 0.349. The summed E-state index contributed by atoms with van der Waals surface area (Å²) >= 11 is 0. The third-order valence-electron chi connectivity index (χ3n) is 4.69. The smallest absolute Gasteiger partial charge is 0.0172 e. The lowest BCUT2D eigenvalue weighted by atomic mass is 9.91. The molecule has 0 saturated heterocycles. The highest BCUT2D eigenvalue weighted by molar-refractivity contribution is 5.69. The SMILES string of the molecule is C=C(C)c1c(C)cc(C)c(C)c1C.C=CC(=C)C.CC.CC.CC(C)(C)C.CCCC(C)CCC. The van der Waals surface area contributed by atoms with Crippen molar-refractivity contribution in [1.82, 2.24) is 0 Å². The standard InChI is InChI=1S/C13H18.C8H18.C5H12.C5H8.2C2H6/c1-8(2)13-10(4)7-9(3)11(5)12(13)6;1-4-6-8(3)7-5-2;1-5(2,3)4;1-4-5(2)3;2*1-2/h7H,1H2,2-6H3;8H,4-7H2,1-3H3;1-4H3;4H,1-2H2,3H3;2*1-2H3. The second kappa shape index (κ2) is 27.0. The molecular formula is C35H68. The van der Waals surface area contributed by atoms with Crippen LogP contribution in [0, 0.1) is 39.0 Å². The summed E-state index contributed by atoms with van der Waals surface area (Å²) in [5.41, 5.74) is 9.51. The van der Waals surface area contributed by atoms with Crippen molar-refractivity contribution in [3.63, 3.8) is 0 Å². The van der Waals surface area contributed by atoms with E-state index in [9.17, 15) is 0 Å². The van der Waals surface area contributed by atoms with E-state index >= 15 is 0 Å². The van der Waals surface area contributed by atoms with Crippen molar-refractivity contribution in [3.8, 4) is 0 Å². The molecule has 208 valence electrons. The molecule has 0 heterocycles. The third-order valence-corrected chi connectivity index (χ3v) is 4.69. The number of rotatable bonds is 6. The molecule has 0 spiro atoms. The Morgan fingerprint density at radius 2 is 1.11 bits per heavy atom. The molecule has 0 saturated carbocycles.